The summed E-state index contributed by atoms with van der Waals surface area (Å²) in [6.45, 7) is 1.64. The van der Waals surface area contributed by atoms with Crippen LogP contribution in [0.2, 0.25) is 0 Å². The fourth-order valence-electron chi connectivity index (χ4n) is 0.837. The second-order valence-electron chi connectivity index (χ2n) is 2.24. The van der Waals surface area contributed by atoms with E-state index in [1.807, 2.05) is 22.6 Å². The van der Waals surface area contributed by atoms with Gasteiger partial charge in [0.05, 0.1) is 5.56 Å². The van der Waals surface area contributed by atoms with E-state index >= 15 is 0 Å². The lowest BCUT2D eigenvalue weighted by Crippen LogP contribution is -1.92. The van der Waals surface area contributed by atoms with Crippen LogP contribution in [0.5, 0.6) is 0 Å². The Morgan fingerprint density at radius 1 is 1.55 bits per heavy atom. The van der Waals surface area contributed by atoms with Crippen molar-refractivity contribution in [3.63, 3.8) is 0 Å². The van der Waals surface area contributed by atoms with Crippen LogP contribution in [0.3, 0.4) is 0 Å². The van der Waals surface area contributed by atoms with Crippen molar-refractivity contribution >= 4 is 28.9 Å². The van der Waals surface area contributed by atoms with Crippen LogP contribution in [0.4, 0.5) is 4.39 Å². The van der Waals surface area contributed by atoms with Crippen molar-refractivity contribution in [2.24, 2.45) is 0 Å². The molecule has 0 amide bonds. The molecule has 3 heteroatoms. The zero-order valence-electron chi connectivity index (χ0n) is 5.90. The lowest BCUT2D eigenvalue weighted by Gasteiger charge is -1.99. The molecule has 0 saturated heterocycles. The quantitative estimate of drug-likeness (QED) is 0.562. The second kappa shape index (κ2) is 3.30. The van der Waals surface area contributed by atoms with Crippen molar-refractivity contribution in [1.29, 1.82) is 0 Å². The fraction of sp³-hybridized carbons (Fsp3) is 0.125. The van der Waals surface area contributed by atoms with Crippen LogP contribution in [0.25, 0.3) is 0 Å². The molecule has 1 rings (SSSR count). The molecule has 0 aliphatic carbocycles. The second-order valence-corrected chi connectivity index (χ2v) is 3.49. The highest BCUT2D eigenvalue weighted by Gasteiger charge is 2.04. The molecule has 1 aromatic rings. The maximum atomic E-state index is 12.9. The van der Waals surface area contributed by atoms with Gasteiger partial charge >= 0.3 is 0 Å². The molecule has 0 spiro atoms. The Balaban J connectivity index is 3.35. The van der Waals surface area contributed by atoms with Gasteiger partial charge in [-0.1, -0.05) is 0 Å². The predicted octanol–water partition coefficient (Wildman–Crippen LogP) is 2.55. The fourth-order valence-corrected chi connectivity index (χ4v) is 1.64. The summed E-state index contributed by atoms with van der Waals surface area (Å²) in [6, 6.07) is 3.22. The first-order valence-corrected chi connectivity index (χ1v) is 4.14. The Morgan fingerprint density at radius 2 is 2.18 bits per heavy atom. The van der Waals surface area contributed by atoms with E-state index in [9.17, 15) is 9.18 Å². The molecule has 0 N–H and O–H groups in total. The topological polar surface area (TPSA) is 17.1 Å². The Labute approximate surface area is 77.8 Å². The molecule has 0 radical (unpaired) electrons. The van der Waals surface area contributed by atoms with E-state index in [4.69, 9.17) is 0 Å². The summed E-state index contributed by atoms with van der Waals surface area (Å²) in [5.74, 6) is -0.416. The van der Waals surface area contributed by atoms with E-state index in [1.165, 1.54) is 6.07 Å². The van der Waals surface area contributed by atoms with Gasteiger partial charge in [-0.25, -0.2) is 4.39 Å². The summed E-state index contributed by atoms with van der Waals surface area (Å²) < 4.78 is 13.8. The summed E-state index contributed by atoms with van der Waals surface area (Å²) >= 11 is 2.05. The monoisotopic (exact) mass is 264 g/mol. The van der Waals surface area contributed by atoms with Crippen LogP contribution < -0.4 is 0 Å². The third kappa shape index (κ3) is 1.77. The van der Waals surface area contributed by atoms with Gasteiger partial charge in [0.2, 0.25) is 0 Å². The minimum absolute atomic E-state index is 0.134. The van der Waals surface area contributed by atoms with Gasteiger partial charge in [0, 0.05) is 3.57 Å². The highest BCUT2D eigenvalue weighted by Crippen LogP contribution is 2.15. The molecule has 0 fully saturated rings. The first kappa shape index (κ1) is 8.64. The number of benzene rings is 1. The number of hydrogen-bond donors (Lipinski definition) is 0. The average molecular weight is 264 g/mol. The van der Waals surface area contributed by atoms with Crippen molar-refractivity contribution in [3.05, 3.63) is 32.6 Å². The molecule has 0 saturated carbocycles. The van der Waals surface area contributed by atoms with Crippen LogP contribution in [-0.2, 0) is 0 Å². The molecule has 0 atom stereocenters. The summed E-state index contributed by atoms with van der Waals surface area (Å²) in [4.78, 5) is 10.3. The van der Waals surface area contributed by atoms with Crippen LogP contribution in [0.15, 0.2) is 12.1 Å². The van der Waals surface area contributed by atoms with E-state index in [1.54, 1.807) is 13.0 Å². The summed E-state index contributed by atoms with van der Waals surface area (Å²) in [5.41, 5.74) is 0.647. The van der Waals surface area contributed by atoms with Crippen LogP contribution in [0.1, 0.15) is 15.9 Å². The van der Waals surface area contributed by atoms with Gasteiger partial charge in [0.25, 0.3) is 0 Å². The molecule has 0 aliphatic heterocycles. The highest BCUT2D eigenvalue weighted by atomic mass is 127. The number of carbonyl (C=O) groups is 1. The summed E-state index contributed by atoms with van der Waals surface area (Å²) in [6.07, 6.45) is 0.532. The Bertz CT molecular complexity index is 296. The molecular formula is C8H6FIO. The van der Waals surface area contributed by atoms with Gasteiger partial charge in [-0.05, 0) is 47.2 Å². The maximum absolute atomic E-state index is 12.9. The van der Waals surface area contributed by atoms with Gasteiger partial charge in [0.1, 0.15) is 5.82 Å². The number of halogens is 2. The first-order chi connectivity index (χ1) is 5.15. The number of aldehydes is 1. The molecule has 0 aliphatic rings. The van der Waals surface area contributed by atoms with Crippen LogP contribution >= 0.6 is 22.6 Å². The third-order valence-electron chi connectivity index (χ3n) is 1.37. The Hall–Kier alpha value is -0.450. The largest absolute Gasteiger partial charge is 0.298 e. The number of carbonyl (C=O) groups excluding carboxylic acids is 1. The molecule has 1 nitrogen and oxygen atoms in total. The maximum Gasteiger partial charge on any atom is 0.153 e. The molecule has 0 aromatic heterocycles. The lowest BCUT2D eigenvalue weighted by molar-refractivity contribution is 0.111. The van der Waals surface area contributed by atoms with Gasteiger partial charge in [-0.3, -0.25) is 4.79 Å². The SMILES string of the molecule is Cc1cc(I)cc(C=O)c1F. The first-order valence-electron chi connectivity index (χ1n) is 3.06. The van der Waals surface area contributed by atoms with Crippen molar-refractivity contribution in [1.82, 2.24) is 0 Å². The Kier molecular flexibility index (Phi) is 2.59. The molecule has 0 bridgehead atoms. The summed E-state index contributed by atoms with van der Waals surface area (Å²) in [5, 5.41) is 0. The van der Waals surface area contributed by atoms with Crippen molar-refractivity contribution < 1.29 is 9.18 Å². The lowest BCUT2D eigenvalue weighted by atomic mass is 10.1. The van der Waals surface area contributed by atoms with Gasteiger partial charge in [0.15, 0.2) is 6.29 Å². The zero-order valence-corrected chi connectivity index (χ0v) is 8.05. The standard InChI is InChI=1S/C8H6FIO/c1-5-2-7(10)3-6(4-11)8(5)9/h2-4H,1H3. The van der Waals surface area contributed by atoms with Gasteiger partial charge in [-0.15, -0.1) is 0 Å². The number of rotatable bonds is 1. The normalized spacial score (nSPS) is 9.73. The third-order valence-corrected chi connectivity index (χ3v) is 2.00. The average Bonchev–Trinajstić information content (AvgIpc) is 1.96. The molecule has 58 valence electrons. The Morgan fingerprint density at radius 3 is 2.73 bits per heavy atom. The summed E-state index contributed by atoms with van der Waals surface area (Å²) in [7, 11) is 0. The zero-order chi connectivity index (χ0) is 8.43. The number of hydrogen-bond acceptors (Lipinski definition) is 1. The molecule has 1 aromatic carbocycles. The van der Waals surface area contributed by atoms with Crippen LogP contribution in [0, 0.1) is 16.3 Å². The van der Waals surface area contributed by atoms with Crippen molar-refractivity contribution in [3.8, 4) is 0 Å². The van der Waals surface area contributed by atoms with E-state index in [0.29, 0.717) is 11.8 Å². The van der Waals surface area contributed by atoms with E-state index in [-0.39, 0.29) is 5.56 Å². The molecular weight excluding hydrogens is 258 g/mol. The minimum atomic E-state index is -0.416. The molecule has 0 unspecified atom stereocenters. The van der Waals surface area contributed by atoms with Crippen LogP contribution in [-0.4, -0.2) is 6.29 Å². The van der Waals surface area contributed by atoms with Gasteiger partial charge < -0.3 is 0 Å². The van der Waals surface area contributed by atoms with E-state index in [0.717, 1.165) is 3.57 Å². The smallest absolute Gasteiger partial charge is 0.153 e. The van der Waals surface area contributed by atoms with Gasteiger partial charge in [-0.2, -0.15) is 0 Å². The predicted molar refractivity (Wildman–Crippen MR) is 49.2 cm³/mol. The minimum Gasteiger partial charge on any atom is -0.298 e. The molecule has 0 heterocycles. The van der Waals surface area contributed by atoms with E-state index in [2.05, 4.69) is 0 Å². The highest BCUT2D eigenvalue weighted by molar-refractivity contribution is 14.1. The number of aryl methyl sites for hydroxylation is 1. The van der Waals surface area contributed by atoms with Crippen molar-refractivity contribution in [2.75, 3.05) is 0 Å². The van der Waals surface area contributed by atoms with E-state index < -0.39 is 5.82 Å². The van der Waals surface area contributed by atoms with Crippen molar-refractivity contribution in [2.45, 2.75) is 6.92 Å². The molecule has 11 heavy (non-hydrogen) atoms.